The van der Waals surface area contributed by atoms with Crippen LogP contribution in [-0.4, -0.2) is 30.3 Å². The minimum Gasteiger partial charge on any atom is -0.302 e. The third-order valence-corrected chi connectivity index (χ3v) is 6.00. The van der Waals surface area contributed by atoms with E-state index in [4.69, 9.17) is 0 Å². The smallest absolute Gasteiger partial charge is 0.167 e. The standard InChI is InChI=1S/C22H26FNO/c23-21-12-11-20(18-9-3-4-10-19(18)21)22(25)17-8-5-13-24(15-17)14-16-6-1-2-7-16/h3-4,9-12,16-17H,1-2,5-8,13-15H2. The maximum absolute atomic E-state index is 14.0. The quantitative estimate of drug-likeness (QED) is 0.725. The first-order valence-electron chi connectivity index (χ1n) is 9.66. The second kappa shape index (κ2) is 7.25. The van der Waals surface area contributed by atoms with Gasteiger partial charge in [0, 0.05) is 30.0 Å². The molecule has 1 aliphatic carbocycles. The van der Waals surface area contributed by atoms with Gasteiger partial charge in [-0.05, 0) is 55.7 Å². The number of hydrogen-bond donors (Lipinski definition) is 0. The van der Waals surface area contributed by atoms with Gasteiger partial charge in [0.05, 0.1) is 0 Å². The lowest BCUT2D eigenvalue weighted by atomic mass is 9.87. The van der Waals surface area contributed by atoms with Crippen LogP contribution < -0.4 is 0 Å². The summed E-state index contributed by atoms with van der Waals surface area (Å²) in [5, 5.41) is 1.30. The molecule has 4 rings (SSSR count). The number of Topliss-reactive ketones (excluding diaryl/α,β-unsaturated/α-hetero) is 1. The number of piperidine rings is 1. The van der Waals surface area contributed by atoms with Gasteiger partial charge in [0.15, 0.2) is 5.78 Å². The number of fused-ring (bicyclic) bond motifs is 1. The number of ketones is 1. The summed E-state index contributed by atoms with van der Waals surface area (Å²) < 4.78 is 14.0. The molecule has 1 atom stereocenters. The van der Waals surface area contributed by atoms with E-state index in [9.17, 15) is 9.18 Å². The van der Waals surface area contributed by atoms with Gasteiger partial charge in [-0.1, -0.05) is 37.1 Å². The SMILES string of the molecule is O=C(c1ccc(F)c2ccccc12)C1CCCN(CC2CCCC2)C1. The van der Waals surface area contributed by atoms with E-state index in [1.165, 1.54) is 31.7 Å². The van der Waals surface area contributed by atoms with Crippen LogP contribution in [0.3, 0.4) is 0 Å². The monoisotopic (exact) mass is 339 g/mol. The Morgan fingerprint density at radius 3 is 2.56 bits per heavy atom. The molecule has 1 unspecified atom stereocenters. The number of rotatable bonds is 4. The van der Waals surface area contributed by atoms with E-state index >= 15 is 0 Å². The molecule has 0 aromatic heterocycles. The maximum atomic E-state index is 14.0. The summed E-state index contributed by atoms with van der Waals surface area (Å²) in [6.07, 6.45) is 7.45. The minimum absolute atomic E-state index is 0.0454. The fraction of sp³-hybridized carbons (Fsp3) is 0.500. The van der Waals surface area contributed by atoms with Crippen molar-refractivity contribution >= 4 is 16.6 Å². The van der Waals surface area contributed by atoms with E-state index in [1.54, 1.807) is 12.1 Å². The van der Waals surface area contributed by atoms with Crippen molar-refractivity contribution in [3.8, 4) is 0 Å². The first-order valence-corrected chi connectivity index (χ1v) is 9.66. The molecule has 2 aromatic carbocycles. The average Bonchev–Trinajstić information content (AvgIpc) is 3.15. The van der Waals surface area contributed by atoms with Crippen molar-refractivity contribution in [3.05, 3.63) is 47.8 Å². The summed E-state index contributed by atoms with van der Waals surface area (Å²) in [6, 6.07) is 10.4. The lowest BCUT2D eigenvalue weighted by Crippen LogP contribution is -2.40. The zero-order chi connectivity index (χ0) is 17.2. The molecule has 1 heterocycles. The molecule has 0 spiro atoms. The van der Waals surface area contributed by atoms with E-state index in [-0.39, 0.29) is 17.5 Å². The van der Waals surface area contributed by atoms with E-state index in [2.05, 4.69) is 4.90 Å². The van der Waals surface area contributed by atoms with Gasteiger partial charge in [-0.2, -0.15) is 0 Å². The Balaban J connectivity index is 1.53. The fourth-order valence-electron chi connectivity index (χ4n) is 4.69. The Morgan fingerprint density at radius 2 is 1.76 bits per heavy atom. The molecule has 0 amide bonds. The number of likely N-dealkylation sites (tertiary alicyclic amines) is 1. The van der Waals surface area contributed by atoms with E-state index in [0.717, 1.165) is 43.8 Å². The Kier molecular flexibility index (Phi) is 4.85. The van der Waals surface area contributed by atoms with Crippen LogP contribution >= 0.6 is 0 Å². The normalized spacial score (nSPS) is 22.5. The Morgan fingerprint density at radius 1 is 1.00 bits per heavy atom. The molecule has 25 heavy (non-hydrogen) atoms. The van der Waals surface area contributed by atoms with Gasteiger partial charge in [-0.25, -0.2) is 4.39 Å². The molecule has 0 N–H and O–H groups in total. The summed E-state index contributed by atoms with van der Waals surface area (Å²) in [6.45, 7) is 3.12. The van der Waals surface area contributed by atoms with E-state index < -0.39 is 0 Å². The molecule has 3 heteroatoms. The van der Waals surface area contributed by atoms with Gasteiger partial charge in [-0.3, -0.25) is 4.79 Å². The van der Waals surface area contributed by atoms with Gasteiger partial charge in [0.2, 0.25) is 0 Å². The highest BCUT2D eigenvalue weighted by atomic mass is 19.1. The summed E-state index contributed by atoms with van der Waals surface area (Å²) in [5.41, 5.74) is 0.685. The second-order valence-electron chi connectivity index (χ2n) is 7.75. The zero-order valence-electron chi connectivity index (χ0n) is 14.7. The lowest BCUT2D eigenvalue weighted by Gasteiger charge is -2.33. The van der Waals surface area contributed by atoms with Crippen LogP contribution in [0.5, 0.6) is 0 Å². The van der Waals surface area contributed by atoms with Crippen LogP contribution in [-0.2, 0) is 0 Å². The molecule has 132 valence electrons. The van der Waals surface area contributed by atoms with Crippen molar-refractivity contribution in [1.82, 2.24) is 4.90 Å². The number of halogens is 1. The lowest BCUT2D eigenvalue weighted by molar-refractivity contribution is 0.0802. The van der Waals surface area contributed by atoms with Crippen LogP contribution in [0.4, 0.5) is 4.39 Å². The summed E-state index contributed by atoms with van der Waals surface area (Å²) in [7, 11) is 0. The van der Waals surface area contributed by atoms with Crippen LogP contribution in [0.15, 0.2) is 36.4 Å². The van der Waals surface area contributed by atoms with Crippen molar-refractivity contribution in [1.29, 1.82) is 0 Å². The first-order chi connectivity index (χ1) is 12.2. The molecule has 1 saturated heterocycles. The summed E-state index contributed by atoms with van der Waals surface area (Å²) in [5.74, 6) is 0.801. The molecule has 2 aromatic rings. The Hall–Kier alpha value is -1.74. The highest BCUT2D eigenvalue weighted by molar-refractivity contribution is 6.09. The van der Waals surface area contributed by atoms with Gasteiger partial charge >= 0.3 is 0 Å². The largest absolute Gasteiger partial charge is 0.302 e. The number of carbonyl (C=O) groups excluding carboxylic acids is 1. The number of carbonyl (C=O) groups is 1. The van der Waals surface area contributed by atoms with Crippen LogP contribution in [0, 0.1) is 17.7 Å². The van der Waals surface area contributed by atoms with Crippen molar-refractivity contribution in [2.24, 2.45) is 11.8 Å². The highest BCUT2D eigenvalue weighted by Crippen LogP contribution is 2.30. The van der Waals surface area contributed by atoms with Crippen LogP contribution in [0.25, 0.3) is 10.8 Å². The van der Waals surface area contributed by atoms with Crippen molar-refractivity contribution in [2.45, 2.75) is 38.5 Å². The van der Waals surface area contributed by atoms with Crippen LogP contribution in [0.1, 0.15) is 48.9 Å². The van der Waals surface area contributed by atoms with Crippen LogP contribution in [0.2, 0.25) is 0 Å². The minimum atomic E-state index is -0.251. The molecule has 2 fully saturated rings. The van der Waals surface area contributed by atoms with Gasteiger partial charge < -0.3 is 4.90 Å². The molecule has 0 bridgehead atoms. The average molecular weight is 339 g/mol. The molecule has 2 aliphatic rings. The number of nitrogens with zero attached hydrogens (tertiary/aromatic N) is 1. The molecule has 2 nitrogen and oxygen atoms in total. The number of benzene rings is 2. The predicted octanol–water partition coefficient (Wildman–Crippen LogP) is 5.06. The topological polar surface area (TPSA) is 20.3 Å². The zero-order valence-corrected chi connectivity index (χ0v) is 14.7. The Labute approximate surface area is 149 Å². The maximum Gasteiger partial charge on any atom is 0.167 e. The highest BCUT2D eigenvalue weighted by Gasteiger charge is 2.29. The molecule has 1 aliphatic heterocycles. The summed E-state index contributed by atoms with van der Waals surface area (Å²) in [4.78, 5) is 15.7. The van der Waals surface area contributed by atoms with Crippen molar-refractivity contribution in [2.75, 3.05) is 19.6 Å². The molecular weight excluding hydrogens is 313 g/mol. The fourth-order valence-corrected chi connectivity index (χ4v) is 4.69. The molecule has 0 radical (unpaired) electrons. The summed E-state index contributed by atoms with van der Waals surface area (Å²) >= 11 is 0. The number of hydrogen-bond acceptors (Lipinski definition) is 2. The van der Waals surface area contributed by atoms with Gasteiger partial charge in [0.1, 0.15) is 5.82 Å². The van der Waals surface area contributed by atoms with E-state index in [1.807, 2.05) is 18.2 Å². The van der Waals surface area contributed by atoms with E-state index in [0.29, 0.717) is 10.9 Å². The predicted molar refractivity (Wildman–Crippen MR) is 99.4 cm³/mol. The third-order valence-electron chi connectivity index (χ3n) is 6.00. The third kappa shape index (κ3) is 3.48. The van der Waals surface area contributed by atoms with Gasteiger partial charge in [0.25, 0.3) is 0 Å². The second-order valence-corrected chi connectivity index (χ2v) is 7.75. The Bertz CT molecular complexity index is 766. The molecule has 1 saturated carbocycles. The van der Waals surface area contributed by atoms with Gasteiger partial charge in [-0.15, -0.1) is 0 Å². The van der Waals surface area contributed by atoms with Crippen molar-refractivity contribution < 1.29 is 9.18 Å². The van der Waals surface area contributed by atoms with Crippen molar-refractivity contribution in [3.63, 3.8) is 0 Å². The molecular formula is C22H26FNO. The first kappa shape index (κ1) is 16.7.